The van der Waals surface area contributed by atoms with Gasteiger partial charge in [0, 0.05) is 28.2 Å². The Balaban J connectivity index is 1.88. The number of thioether (sulfide) groups is 1. The molecule has 1 aliphatic heterocycles. The minimum absolute atomic E-state index is 0.0193. The Morgan fingerprint density at radius 2 is 1.95 bits per heavy atom. The van der Waals surface area contributed by atoms with Gasteiger partial charge < -0.3 is 10.5 Å². The Bertz CT molecular complexity index is 614. The van der Waals surface area contributed by atoms with Crippen LogP contribution < -0.4 is 10.5 Å². The van der Waals surface area contributed by atoms with E-state index in [4.69, 9.17) is 10.5 Å². The van der Waals surface area contributed by atoms with Crippen LogP contribution in [0.5, 0.6) is 5.75 Å². The third kappa shape index (κ3) is 2.94. The molecule has 0 amide bonds. The third-order valence-electron chi connectivity index (χ3n) is 3.91. The minimum Gasteiger partial charge on any atom is -0.493 e. The maximum Gasteiger partial charge on any atom is 0.124 e. The fraction of sp³-hybridized carbons (Fsp3) is 0.333. The average molecular weight is 299 g/mol. The summed E-state index contributed by atoms with van der Waals surface area (Å²) in [4.78, 5) is 1.37. The Kier molecular flexibility index (Phi) is 4.51. The molecule has 2 unspecified atom stereocenters. The van der Waals surface area contributed by atoms with Gasteiger partial charge in [-0.25, -0.2) is 0 Å². The Morgan fingerprint density at radius 3 is 2.81 bits per heavy atom. The summed E-state index contributed by atoms with van der Waals surface area (Å²) in [6, 6.07) is 16.7. The van der Waals surface area contributed by atoms with E-state index in [1.807, 2.05) is 30.0 Å². The lowest BCUT2D eigenvalue weighted by Gasteiger charge is -2.22. The van der Waals surface area contributed by atoms with Crippen LogP contribution in [0.4, 0.5) is 0 Å². The summed E-state index contributed by atoms with van der Waals surface area (Å²) in [5, 5.41) is 0. The summed E-state index contributed by atoms with van der Waals surface area (Å²) in [5.41, 5.74) is 9.09. The number of ether oxygens (including phenoxy) is 1. The topological polar surface area (TPSA) is 35.2 Å². The highest BCUT2D eigenvalue weighted by Gasteiger charge is 2.30. The number of hydrogen-bond donors (Lipinski definition) is 1. The monoisotopic (exact) mass is 299 g/mol. The SMILES string of the molecule is CCCOc1ccccc1C(N)C1CSc2ccccc21. The first kappa shape index (κ1) is 14.5. The van der Waals surface area contributed by atoms with Crippen molar-refractivity contribution in [2.75, 3.05) is 12.4 Å². The van der Waals surface area contributed by atoms with Gasteiger partial charge in [-0.15, -0.1) is 11.8 Å². The van der Waals surface area contributed by atoms with Crippen molar-refractivity contribution < 1.29 is 4.74 Å². The van der Waals surface area contributed by atoms with Crippen molar-refractivity contribution in [2.45, 2.75) is 30.2 Å². The van der Waals surface area contributed by atoms with Gasteiger partial charge in [0.25, 0.3) is 0 Å². The Labute approximate surface area is 130 Å². The maximum absolute atomic E-state index is 6.59. The van der Waals surface area contributed by atoms with Gasteiger partial charge in [-0.3, -0.25) is 0 Å². The van der Waals surface area contributed by atoms with Gasteiger partial charge in [0.15, 0.2) is 0 Å². The molecule has 0 fully saturated rings. The van der Waals surface area contributed by atoms with Crippen molar-refractivity contribution in [1.82, 2.24) is 0 Å². The summed E-state index contributed by atoms with van der Waals surface area (Å²) in [6.07, 6.45) is 1.01. The number of rotatable bonds is 5. The first-order chi connectivity index (χ1) is 10.3. The highest BCUT2D eigenvalue weighted by atomic mass is 32.2. The lowest BCUT2D eigenvalue weighted by Crippen LogP contribution is -2.20. The Hall–Kier alpha value is -1.45. The van der Waals surface area contributed by atoms with E-state index in [9.17, 15) is 0 Å². The zero-order valence-electron chi connectivity index (χ0n) is 12.3. The van der Waals surface area contributed by atoms with Crippen molar-refractivity contribution in [3.63, 3.8) is 0 Å². The standard InChI is InChI=1S/C18H21NOS/c1-2-11-20-16-9-5-3-8-14(16)18(19)15-12-21-17-10-6-4-7-13(15)17/h3-10,15,18H,2,11-12,19H2,1H3. The summed E-state index contributed by atoms with van der Waals surface area (Å²) >= 11 is 1.90. The van der Waals surface area contributed by atoms with E-state index in [0.717, 1.165) is 30.1 Å². The second kappa shape index (κ2) is 6.54. The molecule has 1 heterocycles. The molecule has 0 radical (unpaired) electrons. The van der Waals surface area contributed by atoms with E-state index < -0.39 is 0 Å². The first-order valence-corrected chi connectivity index (χ1v) is 8.49. The fourth-order valence-corrected chi connectivity index (χ4v) is 4.11. The van der Waals surface area contributed by atoms with Crippen molar-refractivity contribution in [3.8, 4) is 5.75 Å². The molecule has 0 saturated heterocycles. The first-order valence-electron chi connectivity index (χ1n) is 7.50. The summed E-state index contributed by atoms with van der Waals surface area (Å²) < 4.78 is 5.87. The molecule has 0 bridgehead atoms. The lowest BCUT2D eigenvalue weighted by molar-refractivity contribution is 0.311. The van der Waals surface area contributed by atoms with Crippen LogP contribution >= 0.6 is 11.8 Å². The van der Waals surface area contributed by atoms with E-state index in [0.29, 0.717) is 5.92 Å². The molecule has 0 spiro atoms. The zero-order chi connectivity index (χ0) is 14.7. The molecule has 2 N–H and O–H groups in total. The number of para-hydroxylation sites is 1. The van der Waals surface area contributed by atoms with Crippen molar-refractivity contribution in [2.24, 2.45) is 5.73 Å². The Morgan fingerprint density at radius 1 is 1.19 bits per heavy atom. The minimum atomic E-state index is -0.0193. The molecule has 1 aliphatic rings. The van der Waals surface area contributed by atoms with Crippen LogP contribution in [0.2, 0.25) is 0 Å². The summed E-state index contributed by atoms with van der Waals surface area (Å²) in [6.45, 7) is 2.85. The van der Waals surface area contributed by atoms with Gasteiger partial charge in [-0.05, 0) is 24.1 Å². The quantitative estimate of drug-likeness (QED) is 0.890. The second-order valence-corrected chi connectivity index (χ2v) is 6.43. The molecule has 2 aromatic carbocycles. The molecule has 21 heavy (non-hydrogen) atoms. The van der Waals surface area contributed by atoms with E-state index in [2.05, 4.69) is 37.3 Å². The van der Waals surface area contributed by atoms with Gasteiger partial charge in [0.2, 0.25) is 0 Å². The molecular formula is C18H21NOS. The predicted octanol–water partition coefficient (Wildman–Crippen LogP) is 4.36. The molecule has 2 atom stereocenters. The second-order valence-electron chi connectivity index (χ2n) is 5.37. The van der Waals surface area contributed by atoms with Gasteiger partial charge in [-0.2, -0.15) is 0 Å². The fourth-order valence-electron chi connectivity index (χ4n) is 2.80. The van der Waals surface area contributed by atoms with Gasteiger partial charge in [0.1, 0.15) is 5.75 Å². The summed E-state index contributed by atoms with van der Waals surface area (Å²) in [5.74, 6) is 2.33. The molecule has 2 nitrogen and oxygen atoms in total. The van der Waals surface area contributed by atoms with Crippen molar-refractivity contribution in [3.05, 3.63) is 59.7 Å². The van der Waals surface area contributed by atoms with E-state index in [1.54, 1.807) is 0 Å². The van der Waals surface area contributed by atoms with Crippen LogP contribution in [-0.4, -0.2) is 12.4 Å². The normalized spacial score (nSPS) is 18.3. The highest BCUT2D eigenvalue weighted by molar-refractivity contribution is 7.99. The third-order valence-corrected chi connectivity index (χ3v) is 5.12. The van der Waals surface area contributed by atoms with Crippen molar-refractivity contribution >= 4 is 11.8 Å². The smallest absolute Gasteiger partial charge is 0.124 e. The largest absolute Gasteiger partial charge is 0.493 e. The molecule has 110 valence electrons. The molecule has 2 aromatic rings. The molecule has 3 rings (SSSR count). The van der Waals surface area contributed by atoms with Crippen LogP contribution in [0.15, 0.2) is 53.4 Å². The molecule has 0 aromatic heterocycles. The van der Waals surface area contributed by atoms with Crippen LogP contribution in [0.1, 0.15) is 36.4 Å². The molecule has 3 heteroatoms. The maximum atomic E-state index is 6.59. The van der Waals surface area contributed by atoms with Crippen LogP contribution in [-0.2, 0) is 0 Å². The molecule has 0 aliphatic carbocycles. The van der Waals surface area contributed by atoms with Crippen LogP contribution in [0.25, 0.3) is 0 Å². The van der Waals surface area contributed by atoms with Gasteiger partial charge in [0.05, 0.1) is 6.61 Å². The number of hydrogen-bond acceptors (Lipinski definition) is 3. The molecular weight excluding hydrogens is 278 g/mol. The highest BCUT2D eigenvalue weighted by Crippen LogP contribution is 2.45. The van der Waals surface area contributed by atoms with E-state index in [1.165, 1.54) is 10.5 Å². The molecule has 0 saturated carbocycles. The van der Waals surface area contributed by atoms with Crippen LogP contribution in [0, 0.1) is 0 Å². The lowest BCUT2D eigenvalue weighted by atomic mass is 9.89. The number of nitrogens with two attached hydrogens (primary N) is 1. The zero-order valence-corrected chi connectivity index (χ0v) is 13.1. The predicted molar refractivity (Wildman–Crippen MR) is 89.1 cm³/mol. The average Bonchev–Trinajstić information content (AvgIpc) is 2.96. The van der Waals surface area contributed by atoms with E-state index in [-0.39, 0.29) is 6.04 Å². The number of benzene rings is 2. The van der Waals surface area contributed by atoms with Gasteiger partial charge in [-0.1, -0.05) is 43.3 Å². The van der Waals surface area contributed by atoms with E-state index >= 15 is 0 Å². The van der Waals surface area contributed by atoms with Crippen LogP contribution in [0.3, 0.4) is 0 Å². The summed E-state index contributed by atoms with van der Waals surface area (Å²) in [7, 11) is 0. The van der Waals surface area contributed by atoms with Crippen molar-refractivity contribution in [1.29, 1.82) is 0 Å². The van der Waals surface area contributed by atoms with Gasteiger partial charge >= 0.3 is 0 Å². The number of fused-ring (bicyclic) bond motifs is 1.